The van der Waals surface area contributed by atoms with E-state index in [2.05, 4.69) is 4.72 Å². The zero-order valence-corrected chi connectivity index (χ0v) is 20.3. The predicted molar refractivity (Wildman–Crippen MR) is 133 cm³/mol. The van der Waals surface area contributed by atoms with Crippen LogP contribution in [0.15, 0.2) is 77.7 Å². The summed E-state index contributed by atoms with van der Waals surface area (Å²) in [5.74, 6) is -0.0509. The van der Waals surface area contributed by atoms with Gasteiger partial charge in [0.05, 0.1) is 17.6 Å². The molecule has 0 unspecified atom stereocenters. The smallest absolute Gasteiger partial charge is 0.261 e. The number of carbonyl (C=O) groups is 1. The monoisotopic (exact) mass is 478 g/mol. The highest BCUT2D eigenvalue weighted by Crippen LogP contribution is 2.21. The number of nitrogens with one attached hydrogen (secondary N) is 1. The Kier molecular flexibility index (Phi) is 7.34. The lowest BCUT2D eigenvalue weighted by Crippen LogP contribution is -2.40. The maximum Gasteiger partial charge on any atom is 0.261 e. The summed E-state index contributed by atoms with van der Waals surface area (Å²) < 4.78 is 34.0. The number of piperidine rings is 1. The molecule has 0 radical (unpaired) electrons. The minimum atomic E-state index is -3.70. The number of aryl methyl sites for hydroxylation is 2. The Bertz CT molecular complexity index is 1230. The number of sulfonamides is 1. The van der Waals surface area contributed by atoms with Gasteiger partial charge in [0.2, 0.25) is 0 Å². The second-order valence-corrected chi connectivity index (χ2v) is 10.4. The number of amides is 1. The first-order valence-electron chi connectivity index (χ1n) is 11.5. The molecule has 0 spiro atoms. The Balaban J connectivity index is 1.31. The van der Waals surface area contributed by atoms with Gasteiger partial charge in [-0.25, -0.2) is 8.42 Å². The number of benzene rings is 3. The number of ether oxygens (including phenoxy) is 1. The van der Waals surface area contributed by atoms with Crippen molar-refractivity contribution in [3.63, 3.8) is 0 Å². The second kappa shape index (κ2) is 10.4. The van der Waals surface area contributed by atoms with E-state index in [1.165, 1.54) is 0 Å². The number of likely N-dealkylation sites (tertiary alicyclic amines) is 1. The zero-order chi connectivity index (χ0) is 24.1. The molecule has 178 valence electrons. The molecule has 6 nitrogen and oxygen atoms in total. The van der Waals surface area contributed by atoms with Crippen molar-refractivity contribution < 1.29 is 17.9 Å². The highest BCUT2D eigenvalue weighted by atomic mass is 32.2. The minimum absolute atomic E-state index is 0.0509. The summed E-state index contributed by atoms with van der Waals surface area (Å²) in [4.78, 5) is 15.0. The molecule has 3 aromatic carbocycles. The summed E-state index contributed by atoms with van der Waals surface area (Å²) in [5, 5.41) is 0. The lowest BCUT2D eigenvalue weighted by Gasteiger charge is -2.32. The van der Waals surface area contributed by atoms with Gasteiger partial charge in [0.25, 0.3) is 15.9 Å². The third-order valence-electron chi connectivity index (χ3n) is 6.23. The van der Waals surface area contributed by atoms with Gasteiger partial charge < -0.3 is 9.64 Å². The summed E-state index contributed by atoms with van der Waals surface area (Å²) in [5.41, 5.74) is 4.06. The molecule has 1 aliphatic heterocycles. The lowest BCUT2D eigenvalue weighted by atomic mass is 10.1. The maximum absolute atomic E-state index is 12.9. The van der Waals surface area contributed by atoms with E-state index >= 15 is 0 Å². The van der Waals surface area contributed by atoms with E-state index in [-0.39, 0.29) is 16.9 Å². The molecular formula is C27H30N2O4S. The van der Waals surface area contributed by atoms with Crippen molar-refractivity contribution in [1.29, 1.82) is 0 Å². The number of nitrogens with zero attached hydrogens (tertiary/aromatic N) is 1. The van der Waals surface area contributed by atoms with Gasteiger partial charge in [-0.15, -0.1) is 0 Å². The van der Waals surface area contributed by atoms with Crippen LogP contribution in [0.2, 0.25) is 0 Å². The van der Waals surface area contributed by atoms with Crippen LogP contribution >= 0.6 is 0 Å². The van der Waals surface area contributed by atoms with Crippen LogP contribution in [0, 0.1) is 13.8 Å². The van der Waals surface area contributed by atoms with Crippen molar-refractivity contribution in [2.75, 3.05) is 17.8 Å². The molecule has 0 atom stereocenters. The molecule has 4 rings (SSSR count). The molecule has 3 aromatic rings. The minimum Gasteiger partial charge on any atom is -0.373 e. The van der Waals surface area contributed by atoms with Gasteiger partial charge in [0, 0.05) is 24.3 Å². The average molecular weight is 479 g/mol. The first-order valence-corrected chi connectivity index (χ1v) is 12.9. The molecule has 0 aliphatic carbocycles. The van der Waals surface area contributed by atoms with Gasteiger partial charge in [-0.2, -0.15) is 0 Å². The standard InChI is InChI=1S/C27H30N2O4S/c1-20-8-13-26(18-21(20)2)34(31,32)28-24-11-9-23(10-12-24)27(30)29-16-14-25(15-17-29)33-19-22-6-4-3-5-7-22/h3-13,18,25,28H,14-17,19H2,1-2H3. The summed E-state index contributed by atoms with van der Waals surface area (Å²) in [7, 11) is -3.70. The Morgan fingerprint density at radius 2 is 1.62 bits per heavy atom. The summed E-state index contributed by atoms with van der Waals surface area (Å²) >= 11 is 0. The van der Waals surface area contributed by atoms with Gasteiger partial charge in [0.1, 0.15) is 0 Å². The normalized spacial score (nSPS) is 14.7. The van der Waals surface area contributed by atoms with Gasteiger partial charge in [0.15, 0.2) is 0 Å². The van der Waals surface area contributed by atoms with E-state index in [9.17, 15) is 13.2 Å². The van der Waals surface area contributed by atoms with Crippen molar-refractivity contribution in [2.24, 2.45) is 0 Å². The quantitative estimate of drug-likeness (QED) is 0.523. The van der Waals surface area contributed by atoms with Gasteiger partial charge in [-0.1, -0.05) is 36.4 Å². The van der Waals surface area contributed by atoms with Crippen molar-refractivity contribution in [3.8, 4) is 0 Å². The van der Waals surface area contributed by atoms with Crippen LogP contribution in [0.25, 0.3) is 0 Å². The van der Waals surface area contributed by atoms with Crippen LogP contribution in [0.4, 0.5) is 5.69 Å². The lowest BCUT2D eigenvalue weighted by molar-refractivity contribution is -0.000379. The molecule has 1 amide bonds. The topological polar surface area (TPSA) is 75.7 Å². The van der Waals surface area contributed by atoms with Crippen LogP contribution in [0.3, 0.4) is 0 Å². The molecule has 1 fully saturated rings. The van der Waals surface area contributed by atoms with Crippen LogP contribution in [-0.4, -0.2) is 38.4 Å². The van der Waals surface area contributed by atoms with E-state index < -0.39 is 10.0 Å². The fourth-order valence-corrected chi connectivity index (χ4v) is 5.12. The molecule has 7 heteroatoms. The van der Waals surface area contributed by atoms with Crippen LogP contribution in [0.5, 0.6) is 0 Å². The Morgan fingerprint density at radius 1 is 0.941 bits per heavy atom. The number of rotatable bonds is 7. The van der Waals surface area contributed by atoms with Crippen molar-refractivity contribution in [3.05, 3.63) is 95.1 Å². The Hall–Kier alpha value is -3.16. The molecule has 34 heavy (non-hydrogen) atoms. The number of hydrogen-bond donors (Lipinski definition) is 1. The van der Waals surface area contributed by atoms with Crippen LogP contribution in [-0.2, 0) is 21.4 Å². The van der Waals surface area contributed by atoms with Gasteiger partial charge in [-0.3, -0.25) is 9.52 Å². The zero-order valence-electron chi connectivity index (χ0n) is 19.5. The molecule has 1 saturated heterocycles. The third-order valence-corrected chi connectivity index (χ3v) is 7.61. The van der Waals surface area contributed by atoms with Crippen molar-refractivity contribution in [2.45, 2.75) is 44.3 Å². The summed E-state index contributed by atoms with van der Waals surface area (Å²) in [6, 6.07) is 21.7. The predicted octanol–water partition coefficient (Wildman–Crippen LogP) is 4.93. The SMILES string of the molecule is Cc1ccc(S(=O)(=O)Nc2ccc(C(=O)N3CCC(OCc4ccccc4)CC3)cc2)cc1C. The largest absolute Gasteiger partial charge is 0.373 e. The summed E-state index contributed by atoms with van der Waals surface area (Å²) in [6.45, 7) is 5.68. The first-order chi connectivity index (χ1) is 16.3. The van der Waals surface area contributed by atoms with E-state index in [1.54, 1.807) is 42.5 Å². The second-order valence-electron chi connectivity index (χ2n) is 8.72. The molecule has 0 aromatic heterocycles. The molecule has 0 saturated carbocycles. The maximum atomic E-state index is 12.9. The number of hydrogen-bond acceptors (Lipinski definition) is 4. The molecule has 0 bridgehead atoms. The molecule has 1 aliphatic rings. The molecular weight excluding hydrogens is 448 g/mol. The highest BCUT2D eigenvalue weighted by molar-refractivity contribution is 7.92. The van der Waals surface area contributed by atoms with Gasteiger partial charge in [-0.05, 0) is 79.8 Å². The average Bonchev–Trinajstić information content (AvgIpc) is 2.85. The van der Waals surface area contributed by atoms with Crippen molar-refractivity contribution in [1.82, 2.24) is 4.90 Å². The van der Waals surface area contributed by atoms with Crippen LogP contribution < -0.4 is 4.72 Å². The third kappa shape index (κ3) is 5.85. The van der Waals surface area contributed by atoms with E-state index in [0.717, 1.165) is 29.5 Å². The first kappa shape index (κ1) is 24.0. The van der Waals surface area contributed by atoms with E-state index in [1.807, 2.05) is 49.1 Å². The Labute approximate surface area is 201 Å². The number of carbonyl (C=O) groups excluding carboxylic acids is 1. The fraction of sp³-hybridized carbons (Fsp3) is 0.296. The van der Waals surface area contributed by atoms with E-state index in [4.69, 9.17) is 4.74 Å². The fourth-order valence-electron chi connectivity index (χ4n) is 3.97. The molecule has 1 heterocycles. The molecule has 1 N–H and O–H groups in total. The van der Waals surface area contributed by atoms with Crippen LogP contribution in [0.1, 0.15) is 39.9 Å². The Morgan fingerprint density at radius 3 is 2.26 bits per heavy atom. The van der Waals surface area contributed by atoms with E-state index in [0.29, 0.717) is 30.9 Å². The highest BCUT2D eigenvalue weighted by Gasteiger charge is 2.24. The van der Waals surface area contributed by atoms with Gasteiger partial charge >= 0.3 is 0 Å². The summed E-state index contributed by atoms with van der Waals surface area (Å²) in [6.07, 6.45) is 1.74. The van der Waals surface area contributed by atoms with Crippen molar-refractivity contribution >= 4 is 21.6 Å². The number of anilines is 1.